The van der Waals surface area contributed by atoms with Crippen LogP contribution in [0.5, 0.6) is 0 Å². The maximum Gasteiger partial charge on any atom is 0.596 e. The van der Waals surface area contributed by atoms with Gasteiger partial charge in [-0.15, -0.1) is 0 Å². The van der Waals surface area contributed by atoms with Crippen molar-refractivity contribution in [3.63, 3.8) is 0 Å². The minimum atomic E-state index is -2.63. The van der Waals surface area contributed by atoms with Crippen LogP contribution < -0.4 is 4.98 Å². The molecule has 90 valence electrons. The van der Waals surface area contributed by atoms with Gasteiger partial charge in [0, 0.05) is 32.2 Å². The highest BCUT2D eigenvalue weighted by atomic mass is 79.9. The highest BCUT2D eigenvalue weighted by Gasteiger charge is 2.43. The van der Waals surface area contributed by atoms with Gasteiger partial charge in [0.25, 0.3) is 0 Å². The molecule has 0 radical (unpaired) electrons. The molecule has 0 spiro atoms. The third-order valence-corrected chi connectivity index (χ3v) is 6.28. The van der Waals surface area contributed by atoms with Crippen molar-refractivity contribution in [2.24, 2.45) is 0 Å². The summed E-state index contributed by atoms with van der Waals surface area (Å²) >= 11 is 3.69. The standard InChI is InChI=1S/C9H20BrNO3Si/c1-12-15(13-2,14-3)11-9-7-5-4-6-8(9)10/h8-9,11H,4-7H2,1-3H3. The zero-order valence-corrected chi connectivity index (χ0v) is 12.2. The first-order chi connectivity index (χ1) is 7.17. The molecule has 0 aromatic heterocycles. The molecular weight excluding hydrogens is 278 g/mol. The van der Waals surface area contributed by atoms with Crippen molar-refractivity contribution < 1.29 is 13.3 Å². The van der Waals surface area contributed by atoms with E-state index in [1.165, 1.54) is 19.3 Å². The highest BCUT2D eigenvalue weighted by Crippen LogP contribution is 2.25. The molecule has 2 unspecified atom stereocenters. The van der Waals surface area contributed by atoms with Gasteiger partial charge in [0.1, 0.15) is 0 Å². The maximum atomic E-state index is 5.35. The Hall–Kier alpha value is 0.537. The second-order valence-electron chi connectivity index (χ2n) is 3.72. The number of rotatable bonds is 5. The molecule has 0 saturated heterocycles. The van der Waals surface area contributed by atoms with Gasteiger partial charge in [0.15, 0.2) is 0 Å². The summed E-state index contributed by atoms with van der Waals surface area (Å²) in [5, 5.41) is 0. The molecule has 15 heavy (non-hydrogen) atoms. The Morgan fingerprint density at radius 3 is 2.07 bits per heavy atom. The Balaban J connectivity index is 2.56. The molecule has 1 saturated carbocycles. The number of alkyl halides is 1. The van der Waals surface area contributed by atoms with E-state index in [2.05, 4.69) is 20.9 Å². The summed E-state index contributed by atoms with van der Waals surface area (Å²) < 4.78 is 16.0. The summed E-state index contributed by atoms with van der Waals surface area (Å²) in [4.78, 5) is 3.88. The Labute approximate surface area is 101 Å². The summed E-state index contributed by atoms with van der Waals surface area (Å²) in [6.07, 6.45) is 4.87. The first-order valence-electron chi connectivity index (χ1n) is 5.24. The van der Waals surface area contributed by atoms with Gasteiger partial charge >= 0.3 is 8.97 Å². The summed E-state index contributed by atoms with van der Waals surface area (Å²) in [6.45, 7) is 0. The lowest BCUT2D eigenvalue weighted by molar-refractivity contribution is 0.103. The van der Waals surface area contributed by atoms with E-state index in [4.69, 9.17) is 13.3 Å². The largest absolute Gasteiger partial charge is 0.596 e. The van der Waals surface area contributed by atoms with Crippen molar-refractivity contribution in [2.45, 2.75) is 36.6 Å². The Morgan fingerprint density at radius 1 is 1.07 bits per heavy atom. The van der Waals surface area contributed by atoms with Crippen molar-refractivity contribution in [1.82, 2.24) is 4.98 Å². The van der Waals surface area contributed by atoms with Crippen LogP contribution in [0.25, 0.3) is 0 Å². The van der Waals surface area contributed by atoms with Gasteiger partial charge in [-0.2, -0.15) is 0 Å². The van der Waals surface area contributed by atoms with Crippen LogP contribution >= 0.6 is 15.9 Å². The van der Waals surface area contributed by atoms with Gasteiger partial charge in [-0.05, 0) is 12.8 Å². The first kappa shape index (κ1) is 13.6. The average Bonchev–Trinajstić information content (AvgIpc) is 2.29. The third-order valence-electron chi connectivity index (χ3n) is 2.85. The number of hydrogen-bond donors (Lipinski definition) is 1. The Kier molecular flexibility index (Phi) is 5.73. The van der Waals surface area contributed by atoms with Crippen molar-refractivity contribution in [3.05, 3.63) is 0 Å². The van der Waals surface area contributed by atoms with E-state index in [1.807, 2.05) is 0 Å². The van der Waals surface area contributed by atoms with Crippen LogP contribution in [-0.2, 0) is 13.3 Å². The lowest BCUT2D eigenvalue weighted by atomic mass is 9.96. The van der Waals surface area contributed by atoms with E-state index in [0.717, 1.165) is 6.42 Å². The van der Waals surface area contributed by atoms with Crippen LogP contribution in [-0.4, -0.2) is 41.2 Å². The van der Waals surface area contributed by atoms with Crippen molar-refractivity contribution in [2.75, 3.05) is 21.3 Å². The lowest BCUT2D eigenvalue weighted by Gasteiger charge is -2.34. The molecular formula is C9H20BrNO3Si. The summed E-state index contributed by atoms with van der Waals surface area (Å²) in [7, 11) is 2.24. The van der Waals surface area contributed by atoms with Gasteiger partial charge in [0.2, 0.25) is 0 Å². The first-order valence-corrected chi connectivity index (χ1v) is 7.88. The molecule has 1 fully saturated rings. The minimum absolute atomic E-state index is 0.380. The Bertz CT molecular complexity index is 184. The zero-order valence-electron chi connectivity index (χ0n) is 9.59. The van der Waals surface area contributed by atoms with E-state index in [9.17, 15) is 0 Å². The van der Waals surface area contributed by atoms with Gasteiger partial charge in [-0.1, -0.05) is 28.8 Å². The molecule has 0 heterocycles. The van der Waals surface area contributed by atoms with E-state index < -0.39 is 8.97 Å². The number of nitrogens with one attached hydrogen (secondary N) is 1. The number of halogens is 1. The second kappa shape index (κ2) is 6.32. The summed E-state index contributed by atoms with van der Waals surface area (Å²) in [5.74, 6) is 0. The fourth-order valence-electron chi connectivity index (χ4n) is 1.90. The molecule has 6 heteroatoms. The van der Waals surface area contributed by atoms with Crippen molar-refractivity contribution >= 4 is 24.9 Å². The topological polar surface area (TPSA) is 39.7 Å². The average molecular weight is 298 g/mol. The molecule has 0 amide bonds. The monoisotopic (exact) mass is 297 g/mol. The molecule has 0 aromatic carbocycles. The van der Waals surface area contributed by atoms with E-state index >= 15 is 0 Å². The second-order valence-corrected chi connectivity index (χ2v) is 7.52. The molecule has 1 rings (SSSR count). The van der Waals surface area contributed by atoms with Gasteiger partial charge in [-0.25, -0.2) is 0 Å². The van der Waals surface area contributed by atoms with Crippen LogP contribution in [0, 0.1) is 0 Å². The quantitative estimate of drug-likeness (QED) is 0.619. The number of hydrogen-bond acceptors (Lipinski definition) is 4. The normalized spacial score (nSPS) is 28.0. The van der Waals surface area contributed by atoms with Gasteiger partial charge < -0.3 is 13.3 Å². The maximum absolute atomic E-state index is 5.35. The molecule has 1 aliphatic rings. The van der Waals surface area contributed by atoms with Crippen LogP contribution in [0.3, 0.4) is 0 Å². The minimum Gasteiger partial charge on any atom is -0.364 e. The Morgan fingerprint density at radius 2 is 1.60 bits per heavy atom. The van der Waals surface area contributed by atoms with E-state index in [-0.39, 0.29) is 0 Å². The van der Waals surface area contributed by atoms with Crippen molar-refractivity contribution in [1.29, 1.82) is 0 Å². The molecule has 0 bridgehead atoms. The molecule has 1 aliphatic carbocycles. The molecule has 0 aliphatic heterocycles. The SMILES string of the molecule is CO[Si](NC1CCCCC1Br)(OC)OC. The smallest absolute Gasteiger partial charge is 0.364 e. The van der Waals surface area contributed by atoms with Gasteiger partial charge in [-0.3, -0.25) is 4.98 Å². The van der Waals surface area contributed by atoms with Crippen LogP contribution in [0.4, 0.5) is 0 Å². The predicted octanol–water partition coefficient (Wildman–Crippen LogP) is 1.66. The van der Waals surface area contributed by atoms with Crippen molar-refractivity contribution in [3.8, 4) is 0 Å². The highest BCUT2D eigenvalue weighted by molar-refractivity contribution is 9.09. The molecule has 1 N–H and O–H groups in total. The van der Waals surface area contributed by atoms with Crippen LogP contribution in [0.2, 0.25) is 0 Å². The molecule has 2 atom stereocenters. The summed E-state index contributed by atoms with van der Waals surface area (Å²) in [6, 6.07) is 0.380. The van der Waals surface area contributed by atoms with Gasteiger partial charge in [0.05, 0.1) is 0 Å². The fourth-order valence-corrected chi connectivity index (χ4v) is 4.52. The molecule has 0 aromatic rings. The van der Waals surface area contributed by atoms with Crippen LogP contribution in [0.1, 0.15) is 25.7 Å². The zero-order chi connectivity index (χ0) is 11.3. The molecule has 4 nitrogen and oxygen atoms in total. The predicted molar refractivity (Wildman–Crippen MR) is 64.9 cm³/mol. The van der Waals surface area contributed by atoms with E-state index in [1.54, 1.807) is 21.3 Å². The van der Waals surface area contributed by atoms with Crippen LogP contribution in [0.15, 0.2) is 0 Å². The van der Waals surface area contributed by atoms with E-state index in [0.29, 0.717) is 10.9 Å². The third kappa shape index (κ3) is 3.50. The lowest BCUT2D eigenvalue weighted by Crippen LogP contribution is -2.62. The fraction of sp³-hybridized carbons (Fsp3) is 1.00. The summed E-state index contributed by atoms with van der Waals surface area (Å²) in [5.41, 5.74) is 0.